The number of amides is 2. The number of hydrogen-bond donors (Lipinski definition) is 2. The zero-order valence-corrected chi connectivity index (χ0v) is 23.7. The van der Waals surface area contributed by atoms with Crippen LogP contribution in [0.4, 0.5) is 5.69 Å². The largest absolute Gasteiger partial charge is 0.477 e. The van der Waals surface area contributed by atoms with E-state index < -0.39 is 23.3 Å². The number of aliphatic carboxylic acids is 1. The van der Waals surface area contributed by atoms with Crippen molar-refractivity contribution < 1.29 is 19.5 Å². The molecule has 13 heteroatoms. The number of anilines is 1. The molecule has 1 saturated heterocycles. The van der Waals surface area contributed by atoms with E-state index in [-0.39, 0.29) is 18.1 Å². The number of hydrogen-bond acceptors (Lipinski definition) is 8. The third-order valence-electron chi connectivity index (χ3n) is 5.96. The Morgan fingerprint density at radius 3 is 2.55 bits per heavy atom. The van der Waals surface area contributed by atoms with Crippen LogP contribution in [0.1, 0.15) is 6.92 Å². The number of benzene rings is 2. The lowest BCUT2D eigenvalue weighted by Gasteiger charge is -2.52. The van der Waals surface area contributed by atoms with Crippen LogP contribution in [0.5, 0.6) is 0 Å². The van der Waals surface area contributed by atoms with Crippen molar-refractivity contribution in [2.75, 3.05) is 17.6 Å². The van der Waals surface area contributed by atoms with Crippen molar-refractivity contribution >= 4 is 81.7 Å². The van der Waals surface area contributed by atoms with E-state index in [2.05, 4.69) is 10.3 Å². The monoisotopic (exact) mass is 606 g/mol. The first-order chi connectivity index (χ1) is 18.3. The first kappa shape index (κ1) is 26.9. The Bertz CT molecular complexity index is 1430. The highest BCUT2D eigenvalue weighted by atomic mass is 35.5. The van der Waals surface area contributed by atoms with Gasteiger partial charge in [-0.05, 0) is 17.7 Å². The molecule has 0 spiro atoms. The molecule has 5 rings (SSSR count). The molecular formula is C25H20Cl2N4O4S3. The van der Waals surface area contributed by atoms with E-state index in [1.54, 1.807) is 18.2 Å². The molecule has 1 fully saturated rings. The lowest BCUT2D eigenvalue weighted by atomic mass is 10.0. The summed E-state index contributed by atoms with van der Waals surface area (Å²) >= 11 is 16.3. The van der Waals surface area contributed by atoms with E-state index in [0.717, 1.165) is 23.2 Å². The summed E-state index contributed by atoms with van der Waals surface area (Å²) in [5, 5.41) is 15.3. The lowest BCUT2D eigenvalue weighted by Crippen LogP contribution is -2.70. The van der Waals surface area contributed by atoms with Crippen molar-refractivity contribution in [3.63, 3.8) is 0 Å². The standard InChI is InChI=1S/C25H20Cl2N4O4S3/c1-13(32)31(38-25-29-18(12-37-25)14-6-3-2-4-7-14)21-22(33)30-20(24(34)35)15(11-36-23(21)30)10-28-19-16(26)8-5-9-17(19)27/h2-9,12,21,23,28H,10-11H2,1H3,(H,34,35)/t21?,23-/m0/s1. The Balaban J connectivity index is 1.35. The van der Waals surface area contributed by atoms with E-state index >= 15 is 0 Å². The highest BCUT2D eigenvalue weighted by molar-refractivity contribution is 8.00. The van der Waals surface area contributed by atoms with Crippen LogP contribution in [-0.2, 0) is 14.4 Å². The number of carbonyl (C=O) groups is 3. The van der Waals surface area contributed by atoms with Gasteiger partial charge in [0.25, 0.3) is 5.91 Å². The minimum atomic E-state index is -1.21. The van der Waals surface area contributed by atoms with E-state index in [0.29, 0.717) is 31.4 Å². The molecule has 1 aromatic heterocycles. The first-order valence-corrected chi connectivity index (χ1v) is 14.8. The number of nitrogens with zero attached hydrogens (tertiary/aromatic N) is 3. The van der Waals surface area contributed by atoms with Crippen molar-refractivity contribution in [3.05, 3.63) is 75.2 Å². The summed E-state index contributed by atoms with van der Waals surface area (Å²) in [4.78, 5) is 44.1. The van der Waals surface area contributed by atoms with Crippen molar-refractivity contribution in [2.45, 2.75) is 22.7 Å². The van der Waals surface area contributed by atoms with Gasteiger partial charge in [-0.1, -0.05) is 59.6 Å². The van der Waals surface area contributed by atoms with Crippen LogP contribution in [0, 0.1) is 0 Å². The Morgan fingerprint density at radius 2 is 1.89 bits per heavy atom. The third-order valence-corrected chi connectivity index (χ3v) is 9.99. The second-order valence-corrected chi connectivity index (χ2v) is 12.4. The maximum atomic E-state index is 13.3. The number of aromatic nitrogens is 1. The van der Waals surface area contributed by atoms with Crippen LogP contribution >= 0.6 is 58.2 Å². The molecule has 8 nitrogen and oxygen atoms in total. The van der Waals surface area contributed by atoms with E-state index in [4.69, 9.17) is 23.2 Å². The zero-order valence-electron chi connectivity index (χ0n) is 19.8. The summed E-state index contributed by atoms with van der Waals surface area (Å²) in [5.41, 5.74) is 2.66. The van der Waals surface area contributed by atoms with E-state index in [1.165, 1.54) is 39.2 Å². The number of rotatable bonds is 8. The molecule has 38 heavy (non-hydrogen) atoms. The van der Waals surface area contributed by atoms with Crippen LogP contribution in [0.25, 0.3) is 11.3 Å². The molecule has 1 unspecified atom stereocenters. The fourth-order valence-electron chi connectivity index (χ4n) is 4.19. The van der Waals surface area contributed by atoms with Gasteiger partial charge in [0.05, 0.1) is 21.4 Å². The number of carboxylic acids is 1. The van der Waals surface area contributed by atoms with E-state index in [9.17, 15) is 19.5 Å². The molecule has 2 aromatic carbocycles. The molecule has 3 aromatic rings. The van der Waals surface area contributed by atoms with Gasteiger partial charge in [-0.25, -0.2) is 9.78 Å². The quantitative estimate of drug-likeness (QED) is 0.248. The number of para-hydroxylation sites is 1. The summed E-state index contributed by atoms with van der Waals surface area (Å²) < 4.78 is 2.01. The molecular weight excluding hydrogens is 587 g/mol. The summed E-state index contributed by atoms with van der Waals surface area (Å²) in [6, 6.07) is 13.9. The predicted octanol–water partition coefficient (Wildman–Crippen LogP) is 5.71. The molecule has 2 amide bonds. The highest BCUT2D eigenvalue weighted by Gasteiger charge is 2.57. The van der Waals surface area contributed by atoms with Gasteiger partial charge in [-0.15, -0.1) is 23.1 Å². The van der Waals surface area contributed by atoms with Gasteiger partial charge in [0, 0.05) is 42.1 Å². The Labute approximate surface area is 241 Å². The zero-order chi connectivity index (χ0) is 27.0. The van der Waals surface area contributed by atoms with Gasteiger partial charge in [0.15, 0.2) is 10.4 Å². The number of carboxylic acid groups (broad SMARTS) is 1. The Kier molecular flexibility index (Phi) is 7.92. The minimum absolute atomic E-state index is 0.0835. The molecule has 2 aliphatic heterocycles. The van der Waals surface area contributed by atoms with Gasteiger partial charge < -0.3 is 10.4 Å². The van der Waals surface area contributed by atoms with Crippen molar-refractivity contribution in [2.24, 2.45) is 0 Å². The topological polar surface area (TPSA) is 103 Å². The normalized spacial score (nSPS) is 18.6. The number of carbonyl (C=O) groups excluding carboxylic acids is 2. The second-order valence-electron chi connectivity index (χ2n) is 8.36. The SMILES string of the molecule is CC(=O)N(Sc1nc(-c2ccccc2)cs1)C1C(=O)N2C(C(=O)O)=C(CNc3c(Cl)cccc3Cl)CS[C@@H]12. The fraction of sp³-hybridized carbons (Fsp3) is 0.200. The molecule has 2 aliphatic rings. The molecule has 2 N–H and O–H groups in total. The average molecular weight is 608 g/mol. The van der Waals surface area contributed by atoms with Crippen molar-refractivity contribution in [1.29, 1.82) is 0 Å². The van der Waals surface area contributed by atoms with Crippen LogP contribution < -0.4 is 5.32 Å². The number of halogens is 2. The van der Waals surface area contributed by atoms with Gasteiger partial charge in [-0.3, -0.25) is 18.8 Å². The third kappa shape index (κ3) is 5.13. The first-order valence-electron chi connectivity index (χ1n) is 11.3. The number of thioether (sulfide) groups is 1. The molecule has 0 saturated carbocycles. The number of fused-ring (bicyclic) bond motifs is 1. The van der Waals surface area contributed by atoms with Crippen LogP contribution in [0.2, 0.25) is 10.0 Å². The molecule has 3 heterocycles. The predicted molar refractivity (Wildman–Crippen MR) is 152 cm³/mol. The van der Waals surface area contributed by atoms with Crippen molar-refractivity contribution in [3.8, 4) is 11.3 Å². The minimum Gasteiger partial charge on any atom is -0.477 e. The molecule has 0 radical (unpaired) electrons. The smallest absolute Gasteiger partial charge is 0.352 e. The van der Waals surface area contributed by atoms with Crippen molar-refractivity contribution in [1.82, 2.24) is 14.2 Å². The number of thiazole rings is 1. The second kappa shape index (κ2) is 11.2. The number of β-lactam (4-membered cyclic amide) rings is 1. The average Bonchev–Trinajstić information content (AvgIpc) is 3.36. The maximum Gasteiger partial charge on any atom is 0.352 e. The summed E-state index contributed by atoms with van der Waals surface area (Å²) in [7, 11) is 0. The van der Waals surface area contributed by atoms with Gasteiger partial charge >= 0.3 is 5.97 Å². The summed E-state index contributed by atoms with van der Waals surface area (Å²) in [6.07, 6.45) is 0. The summed E-state index contributed by atoms with van der Waals surface area (Å²) in [6.45, 7) is 1.53. The van der Waals surface area contributed by atoms with Gasteiger partial charge in [0.1, 0.15) is 11.1 Å². The maximum absolute atomic E-state index is 13.3. The van der Waals surface area contributed by atoms with Crippen LogP contribution in [0.15, 0.2) is 69.5 Å². The van der Waals surface area contributed by atoms with Crippen LogP contribution in [0.3, 0.4) is 0 Å². The molecule has 0 bridgehead atoms. The Hall–Kier alpha value is -2.70. The molecule has 0 aliphatic carbocycles. The fourth-order valence-corrected chi connectivity index (χ4v) is 8.05. The highest BCUT2D eigenvalue weighted by Crippen LogP contribution is 2.45. The van der Waals surface area contributed by atoms with Gasteiger partial charge in [-0.2, -0.15) is 0 Å². The van der Waals surface area contributed by atoms with E-state index in [1.807, 2.05) is 35.7 Å². The molecule has 196 valence electrons. The van der Waals surface area contributed by atoms with Gasteiger partial charge in [0.2, 0.25) is 5.91 Å². The summed E-state index contributed by atoms with van der Waals surface area (Å²) in [5.74, 6) is -1.62. The number of nitrogens with one attached hydrogen (secondary N) is 1. The van der Waals surface area contributed by atoms with Crippen LogP contribution in [-0.4, -0.2) is 60.8 Å². The lowest BCUT2D eigenvalue weighted by molar-refractivity contribution is -0.154. The molecule has 2 atom stereocenters. The Morgan fingerprint density at radius 1 is 1.18 bits per heavy atom.